The van der Waals surface area contributed by atoms with Gasteiger partial charge in [-0.3, -0.25) is 4.79 Å². The molecule has 2 aromatic rings. The van der Waals surface area contributed by atoms with Gasteiger partial charge in [-0.25, -0.2) is 13.8 Å². The summed E-state index contributed by atoms with van der Waals surface area (Å²) in [5.74, 6) is -2.72. The summed E-state index contributed by atoms with van der Waals surface area (Å²) in [5, 5.41) is 2.49. The molecule has 1 aliphatic carbocycles. The Balaban J connectivity index is 1.75. The van der Waals surface area contributed by atoms with Crippen LogP contribution in [0.4, 0.5) is 22.0 Å². The number of nitrogens with one attached hydrogen (secondary N) is 1. The molecule has 1 aromatic carbocycles. The van der Waals surface area contributed by atoms with Gasteiger partial charge in [-0.15, -0.1) is 11.3 Å². The second-order valence-electron chi connectivity index (χ2n) is 5.46. The smallest absolute Gasteiger partial charge is 0.348 e. The van der Waals surface area contributed by atoms with E-state index in [1.165, 1.54) is 6.07 Å². The summed E-state index contributed by atoms with van der Waals surface area (Å²) >= 11 is 0.596. The molecule has 1 N–H and O–H groups in total. The van der Waals surface area contributed by atoms with Crippen molar-refractivity contribution in [1.29, 1.82) is 0 Å². The third-order valence-electron chi connectivity index (χ3n) is 4.00. The minimum atomic E-state index is -4.71. The predicted molar refractivity (Wildman–Crippen MR) is 76.7 cm³/mol. The van der Waals surface area contributed by atoms with Gasteiger partial charge in [0.1, 0.15) is 16.5 Å². The van der Waals surface area contributed by atoms with Crippen LogP contribution in [-0.4, -0.2) is 16.9 Å². The van der Waals surface area contributed by atoms with Crippen molar-refractivity contribution >= 4 is 17.2 Å². The highest BCUT2D eigenvalue weighted by Crippen LogP contribution is 2.39. The number of carbonyl (C=O) groups is 1. The van der Waals surface area contributed by atoms with Gasteiger partial charge in [-0.1, -0.05) is 6.07 Å². The van der Waals surface area contributed by atoms with E-state index in [-0.39, 0.29) is 5.56 Å². The normalized spacial score (nSPS) is 20.5. The van der Waals surface area contributed by atoms with E-state index in [0.29, 0.717) is 24.2 Å². The highest BCUT2D eigenvalue weighted by atomic mass is 32.1. The lowest BCUT2D eigenvalue weighted by molar-refractivity contribution is -0.141. The van der Waals surface area contributed by atoms with Crippen molar-refractivity contribution in [2.45, 2.75) is 31.0 Å². The highest BCUT2D eigenvalue weighted by Gasteiger charge is 2.40. The summed E-state index contributed by atoms with van der Waals surface area (Å²) in [6, 6.07) is 2.65. The Morgan fingerprint density at radius 2 is 2.00 bits per heavy atom. The molecule has 9 heteroatoms. The Kier molecular flexibility index (Phi) is 4.29. The lowest BCUT2D eigenvalue weighted by atomic mass is 9.75. The van der Waals surface area contributed by atoms with Crippen molar-refractivity contribution in [3.8, 4) is 0 Å². The first-order valence-corrected chi connectivity index (χ1v) is 7.92. The van der Waals surface area contributed by atoms with Crippen LogP contribution in [0.3, 0.4) is 0 Å². The molecule has 128 valence electrons. The van der Waals surface area contributed by atoms with Crippen LogP contribution in [0.5, 0.6) is 0 Å². The third kappa shape index (κ3) is 3.12. The Labute approximate surface area is 137 Å². The van der Waals surface area contributed by atoms with Crippen molar-refractivity contribution in [3.63, 3.8) is 0 Å². The topological polar surface area (TPSA) is 42.0 Å². The van der Waals surface area contributed by atoms with E-state index in [0.717, 1.165) is 17.6 Å². The molecule has 24 heavy (non-hydrogen) atoms. The number of nitrogens with zero attached hydrogens (tertiary/aromatic N) is 1. The first-order chi connectivity index (χ1) is 11.3. The number of hydrogen-bond acceptors (Lipinski definition) is 3. The molecule has 0 aliphatic heterocycles. The van der Waals surface area contributed by atoms with Crippen LogP contribution in [-0.2, 0) is 6.18 Å². The summed E-state index contributed by atoms with van der Waals surface area (Å²) < 4.78 is 65.1. The van der Waals surface area contributed by atoms with Crippen LogP contribution in [0, 0.1) is 11.6 Å². The Hall–Kier alpha value is -2.03. The van der Waals surface area contributed by atoms with Gasteiger partial charge < -0.3 is 5.32 Å². The van der Waals surface area contributed by atoms with Crippen LogP contribution in [0.25, 0.3) is 0 Å². The maximum Gasteiger partial charge on any atom is 0.434 e. The second-order valence-corrected chi connectivity index (χ2v) is 6.31. The summed E-state index contributed by atoms with van der Waals surface area (Å²) in [4.78, 5) is 14.8. The number of hydrogen-bond donors (Lipinski definition) is 1. The number of carbonyl (C=O) groups excluding carboxylic acids is 1. The molecule has 1 fully saturated rings. The van der Waals surface area contributed by atoms with Gasteiger partial charge in [0, 0.05) is 18.0 Å². The molecule has 2 atom stereocenters. The van der Waals surface area contributed by atoms with E-state index in [1.807, 2.05) is 0 Å². The number of aromatic nitrogens is 1. The summed E-state index contributed by atoms with van der Waals surface area (Å²) in [5.41, 5.74) is -0.0301. The van der Waals surface area contributed by atoms with Crippen molar-refractivity contribution in [1.82, 2.24) is 10.3 Å². The predicted octanol–water partition coefficient (Wildman–Crippen LogP) is 4.12. The number of halogens is 5. The second kappa shape index (κ2) is 6.12. The average molecular weight is 362 g/mol. The van der Waals surface area contributed by atoms with E-state index in [9.17, 15) is 26.7 Å². The molecule has 3 rings (SSSR count). The van der Waals surface area contributed by atoms with Crippen LogP contribution in [0.1, 0.15) is 39.7 Å². The molecule has 0 saturated heterocycles. The third-order valence-corrected chi connectivity index (χ3v) is 4.82. The number of benzene rings is 1. The van der Waals surface area contributed by atoms with Gasteiger partial charge >= 0.3 is 6.18 Å². The Bertz CT molecular complexity index is 773. The van der Waals surface area contributed by atoms with Crippen LogP contribution in [0.15, 0.2) is 23.7 Å². The summed E-state index contributed by atoms with van der Waals surface area (Å²) in [6.45, 7) is 0. The van der Waals surface area contributed by atoms with Gasteiger partial charge in [-0.2, -0.15) is 13.2 Å². The molecule has 0 radical (unpaired) electrons. The van der Waals surface area contributed by atoms with Gasteiger partial charge in [0.2, 0.25) is 0 Å². The van der Waals surface area contributed by atoms with E-state index < -0.39 is 46.2 Å². The first kappa shape index (κ1) is 16.8. The monoisotopic (exact) mass is 362 g/mol. The van der Waals surface area contributed by atoms with Gasteiger partial charge in [0.15, 0.2) is 5.69 Å². The molecule has 1 heterocycles. The van der Waals surface area contributed by atoms with Crippen molar-refractivity contribution in [2.24, 2.45) is 0 Å². The quantitative estimate of drug-likeness (QED) is 0.835. The van der Waals surface area contributed by atoms with Crippen molar-refractivity contribution in [2.75, 3.05) is 0 Å². The molecule has 0 spiro atoms. The maximum atomic E-state index is 13.8. The molecule has 1 amide bonds. The van der Waals surface area contributed by atoms with E-state index in [4.69, 9.17) is 0 Å². The zero-order valence-electron chi connectivity index (χ0n) is 12.0. The van der Waals surface area contributed by atoms with Crippen LogP contribution in [0.2, 0.25) is 0 Å². The lowest BCUT2D eigenvalue weighted by Crippen LogP contribution is -2.45. The number of amides is 1. The molecular formula is C15H11F5N2OS. The van der Waals surface area contributed by atoms with Crippen molar-refractivity contribution in [3.05, 3.63) is 51.5 Å². The molecular weight excluding hydrogens is 351 g/mol. The van der Waals surface area contributed by atoms with E-state index in [2.05, 4.69) is 10.3 Å². The standard InChI is InChI=1S/C15H11F5N2OS/c16-7-1-2-8(10(17)5-7)9-3-4-11(9)22-14(23)12-13(15(18,19)20)21-6-24-12/h1-2,5-6,9,11H,3-4H2,(H,22,23)/t9-,11?/m0/s1. The molecule has 1 aromatic heterocycles. The number of rotatable bonds is 3. The fourth-order valence-electron chi connectivity index (χ4n) is 2.69. The van der Waals surface area contributed by atoms with Crippen LogP contribution >= 0.6 is 11.3 Å². The van der Waals surface area contributed by atoms with Crippen LogP contribution < -0.4 is 5.32 Å². The molecule has 1 unspecified atom stereocenters. The minimum absolute atomic E-state index is 0.244. The SMILES string of the molecule is O=C(NC1CC[C@H]1c1ccc(F)cc1F)c1scnc1C(F)(F)F. The van der Waals surface area contributed by atoms with E-state index in [1.54, 1.807) is 0 Å². The Morgan fingerprint density at radius 1 is 1.25 bits per heavy atom. The first-order valence-electron chi connectivity index (χ1n) is 7.04. The molecule has 0 bridgehead atoms. The Morgan fingerprint density at radius 3 is 2.58 bits per heavy atom. The largest absolute Gasteiger partial charge is 0.434 e. The zero-order valence-corrected chi connectivity index (χ0v) is 12.8. The fraction of sp³-hybridized carbons (Fsp3) is 0.333. The summed E-state index contributed by atoms with van der Waals surface area (Å²) in [7, 11) is 0. The maximum absolute atomic E-state index is 13.8. The van der Waals surface area contributed by atoms with E-state index >= 15 is 0 Å². The van der Waals surface area contributed by atoms with Gasteiger partial charge in [0.25, 0.3) is 5.91 Å². The van der Waals surface area contributed by atoms with Gasteiger partial charge in [0.05, 0.1) is 5.51 Å². The zero-order chi connectivity index (χ0) is 17.5. The number of thiazole rings is 1. The lowest BCUT2D eigenvalue weighted by Gasteiger charge is -2.37. The molecule has 1 aliphatic rings. The molecule has 1 saturated carbocycles. The number of alkyl halides is 3. The fourth-order valence-corrected chi connectivity index (χ4v) is 3.40. The minimum Gasteiger partial charge on any atom is -0.348 e. The molecule has 3 nitrogen and oxygen atoms in total. The summed E-state index contributed by atoms with van der Waals surface area (Å²) in [6.07, 6.45) is -3.65. The average Bonchev–Trinajstić information content (AvgIpc) is 2.96. The highest BCUT2D eigenvalue weighted by molar-refractivity contribution is 7.11. The van der Waals surface area contributed by atoms with Crippen molar-refractivity contribution < 1.29 is 26.7 Å². The van der Waals surface area contributed by atoms with Gasteiger partial charge in [-0.05, 0) is 24.5 Å².